The van der Waals surface area contributed by atoms with Gasteiger partial charge in [-0.15, -0.1) is 0 Å². The lowest BCUT2D eigenvalue weighted by Crippen LogP contribution is -2.19. The van der Waals surface area contributed by atoms with Gasteiger partial charge in [0, 0.05) is 22.7 Å². The van der Waals surface area contributed by atoms with Crippen LogP contribution in [0, 0.1) is 32.1 Å². The Morgan fingerprint density at radius 2 is 1.74 bits per heavy atom. The molecule has 0 spiro atoms. The van der Waals surface area contributed by atoms with Crippen molar-refractivity contribution in [1.82, 2.24) is 24.9 Å². The first-order chi connectivity index (χ1) is 20.2. The summed E-state index contributed by atoms with van der Waals surface area (Å²) in [4.78, 5) is 21.0. The molecule has 5 aromatic rings. The molecule has 0 saturated carbocycles. The van der Waals surface area contributed by atoms with E-state index in [1.165, 1.54) is 43.5 Å². The van der Waals surface area contributed by atoms with Crippen molar-refractivity contribution in [3.8, 4) is 17.2 Å². The Morgan fingerprint density at radius 3 is 2.33 bits per heavy atom. The highest BCUT2D eigenvalue weighted by Crippen LogP contribution is 2.38. The van der Waals surface area contributed by atoms with Gasteiger partial charge in [-0.2, -0.15) is 36.7 Å². The summed E-state index contributed by atoms with van der Waals surface area (Å²) in [6.45, 7) is 4.38. The number of alkyl halides is 6. The van der Waals surface area contributed by atoms with E-state index in [4.69, 9.17) is 9.78 Å². The first kappa shape index (κ1) is 29.2. The van der Waals surface area contributed by atoms with Gasteiger partial charge >= 0.3 is 12.4 Å². The zero-order valence-corrected chi connectivity index (χ0v) is 22.5. The summed E-state index contributed by atoms with van der Waals surface area (Å²) in [5.74, 6) is -0.883. The third-order valence-corrected chi connectivity index (χ3v) is 6.65. The summed E-state index contributed by atoms with van der Waals surface area (Å²) in [6, 6.07) is 9.79. The van der Waals surface area contributed by atoms with Gasteiger partial charge in [-0.25, -0.2) is 9.97 Å². The first-order valence-corrected chi connectivity index (χ1v) is 12.4. The fourth-order valence-corrected chi connectivity index (χ4v) is 4.56. The van der Waals surface area contributed by atoms with Crippen molar-refractivity contribution in [2.45, 2.75) is 39.7 Å². The van der Waals surface area contributed by atoms with Crippen LogP contribution in [0.3, 0.4) is 0 Å². The molecule has 0 atom stereocenters. The number of nitrogens with one attached hydrogen (secondary N) is 1. The first-order valence-electron chi connectivity index (χ1n) is 12.4. The highest BCUT2D eigenvalue weighted by atomic mass is 19.4. The van der Waals surface area contributed by atoms with E-state index in [0.29, 0.717) is 39.8 Å². The maximum Gasteiger partial charge on any atom is 0.437 e. The van der Waals surface area contributed by atoms with Gasteiger partial charge in [0.2, 0.25) is 0 Å². The number of hydrogen-bond donors (Lipinski definition) is 1. The molecule has 1 N–H and O–H groups in total. The van der Waals surface area contributed by atoms with Gasteiger partial charge in [-0.3, -0.25) is 9.48 Å². The number of rotatable bonds is 5. The van der Waals surface area contributed by atoms with Gasteiger partial charge in [0.1, 0.15) is 11.5 Å². The van der Waals surface area contributed by atoms with Gasteiger partial charge in [-0.1, -0.05) is 17.3 Å². The molecule has 4 heterocycles. The van der Waals surface area contributed by atoms with E-state index in [0.717, 1.165) is 4.68 Å². The number of carbonyl (C=O) groups excluding carboxylic acids is 1. The summed E-state index contributed by atoms with van der Waals surface area (Å²) in [5.41, 5.74) is -2.61. The third kappa shape index (κ3) is 5.63. The Hall–Kier alpha value is -5.26. The van der Waals surface area contributed by atoms with E-state index in [1.54, 1.807) is 13.8 Å². The van der Waals surface area contributed by atoms with Crippen LogP contribution in [0.15, 0.2) is 47.1 Å². The molecule has 4 aromatic heterocycles. The van der Waals surface area contributed by atoms with E-state index in [-0.39, 0.29) is 17.6 Å². The van der Waals surface area contributed by atoms with Crippen LogP contribution in [0.2, 0.25) is 0 Å². The maximum atomic E-state index is 14.0. The molecule has 0 aliphatic rings. The van der Waals surface area contributed by atoms with Gasteiger partial charge in [0.15, 0.2) is 11.3 Å². The molecule has 1 aromatic carbocycles. The summed E-state index contributed by atoms with van der Waals surface area (Å²) < 4.78 is 89.4. The minimum atomic E-state index is -5.02. The standard InChI is InChI=1S/C28H19F6N7O2/c1-13-22(15(3)43-40-13)18-8-19-20(9-21(27(29,30)31)37-25(19)36-11-18)26(42)38-23-14(2)41(39-24(23)28(32,33)34)12-17-6-4-16(10-35)5-7-17/h4-9,11H,12H2,1-3H3,(H,38,42). The van der Waals surface area contributed by atoms with E-state index < -0.39 is 46.5 Å². The molecule has 5 rings (SSSR count). The number of benzene rings is 1. The van der Waals surface area contributed by atoms with Crippen LogP contribution in [-0.2, 0) is 18.9 Å². The predicted octanol–water partition coefficient (Wildman–Crippen LogP) is 6.62. The fraction of sp³-hybridized carbons (Fsp3) is 0.214. The van der Waals surface area contributed by atoms with Crippen LogP contribution < -0.4 is 5.32 Å². The molecular weight excluding hydrogens is 580 g/mol. The molecule has 15 heteroatoms. The second-order valence-corrected chi connectivity index (χ2v) is 9.57. The van der Waals surface area contributed by atoms with E-state index in [1.807, 2.05) is 6.07 Å². The van der Waals surface area contributed by atoms with Crippen LogP contribution >= 0.6 is 0 Å². The summed E-state index contributed by atoms with van der Waals surface area (Å²) in [5, 5.41) is 18.5. The lowest BCUT2D eigenvalue weighted by atomic mass is 10.0. The number of nitriles is 1. The predicted molar refractivity (Wildman–Crippen MR) is 140 cm³/mol. The number of anilines is 1. The quantitative estimate of drug-likeness (QED) is 0.225. The molecule has 220 valence electrons. The number of hydrogen-bond acceptors (Lipinski definition) is 7. The molecule has 0 aliphatic heterocycles. The minimum Gasteiger partial charge on any atom is -0.361 e. The smallest absolute Gasteiger partial charge is 0.361 e. The van der Waals surface area contributed by atoms with Crippen molar-refractivity contribution in [3.05, 3.63) is 87.8 Å². The highest BCUT2D eigenvalue weighted by molar-refractivity contribution is 6.13. The molecule has 0 radical (unpaired) electrons. The number of pyridine rings is 2. The molecular formula is C28H19F6N7O2. The van der Waals surface area contributed by atoms with Crippen LogP contribution in [0.25, 0.3) is 22.2 Å². The molecule has 43 heavy (non-hydrogen) atoms. The second-order valence-electron chi connectivity index (χ2n) is 9.57. The highest BCUT2D eigenvalue weighted by Gasteiger charge is 2.40. The second kappa shape index (κ2) is 10.5. The number of aromatic nitrogens is 5. The van der Waals surface area contributed by atoms with E-state index >= 15 is 0 Å². The third-order valence-electron chi connectivity index (χ3n) is 6.65. The Bertz CT molecular complexity index is 1900. The van der Waals surface area contributed by atoms with Crippen LogP contribution in [0.1, 0.15) is 50.0 Å². The summed E-state index contributed by atoms with van der Waals surface area (Å²) in [7, 11) is 0. The van der Waals surface area contributed by atoms with Crippen LogP contribution in [0.4, 0.5) is 32.0 Å². The molecule has 0 fully saturated rings. The molecule has 0 bridgehead atoms. The van der Waals surface area contributed by atoms with Gasteiger partial charge in [-0.05, 0) is 50.6 Å². The molecule has 0 unspecified atom stereocenters. The van der Waals surface area contributed by atoms with Crippen molar-refractivity contribution >= 4 is 22.6 Å². The average Bonchev–Trinajstić information content (AvgIpc) is 3.45. The Labute approximate surface area is 238 Å². The lowest BCUT2D eigenvalue weighted by molar-refractivity contribution is -0.141. The van der Waals surface area contributed by atoms with Crippen molar-refractivity contribution < 1.29 is 35.7 Å². The molecule has 1 amide bonds. The van der Waals surface area contributed by atoms with Crippen molar-refractivity contribution in [1.29, 1.82) is 5.26 Å². The SMILES string of the molecule is Cc1noc(C)c1-c1cnc2nc(C(F)(F)F)cc(C(=O)Nc3c(C(F)(F)F)nn(Cc4ccc(C#N)cc4)c3C)c2c1. The van der Waals surface area contributed by atoms with Crippen molar-refractivity contribution in [3.63, 3.8) is 0 Å². The fourth-order valence-electron chi connectivity index (χ4n) is 4.56. The van der Waals surface area contributed by atoms with Crippen molar-refractivity contribution in [2.24, 2.45) is 0 Å². The molecule has 0 saturated heterocycles. The average molecular weight is 599 g/mol. The zero-order chi connectivity index (χ0) is 31.3. The zero-order valence-electron chi connectivity index (χ0n) is 22.5. The van der Waals surface area contributed by atoms with Crippen LogP contribution in [-0.4, -0.2) is 30.8 Å². The van der Waals surface area contributed by atoms with Gasteiger partial charge < -0.3 is 9.84 Å². The number of halogens is 6. The van der Waals surface area contributed by atoms with Gasteiger partial charge in [0.05, 0.1) is 40.8 Å². The number of fused-ring (bicyclic) bond motifs is 1. The van der Waals surface area contributed by atoms with E-state index in [9.17, 15) is 31.1 Å². The Morgan fingerprint density at radius 1 is 1.05 bits per heavy atom. The van der Waals surface area contributed by atoms with Crippen LogP contribution in [0.5, 0.6) is 0 Å². The maximum absolute atomic E-state index is 14.0. The topological polar surface area (TPSA) is 123 Å². The Balaban J connectivity index is 1.61. The monoisotopic (exact) mass is 599 g/mol. The Kier molecular flexibility index (Phi) is 7.16. The number of amides is 1. The lowest BCUT2D eigenvalue weighted by Gasteiger charge is -2.14. The van der Waals surface area contributed by atoms with Crippen molar-refractivity contribution in [2.75, 3.05) is 5.32 Å². The number of aryl methyl sites for hydroxylation is 2. The van der Waals surface area contributed by atoms with E-state index in [2.05, 4.69) is 25.5 Å². The number of nitrogens with zero attached hydrogens (tertiary/aromatic N) is 6. The summed E-state index contributed by atoms with van der Waals surface area (Å²) in [6.07, 6.45) is -8.76. The number of carbonyl (C=O) groups is 1. The molecule has 9 nitrogen and oxygen atoms in total. The largest absolute Gasteiger partial charge is 0.437 e. The summed E-state index contributed by atoms with van der Waals surface area (Å²) >= 11 is 0. The normalized spacial score (nSPS) is 12.0. The molecule has 0 aliphatic carbocycles. The van der Waals surface area contributed by atoms with Gasteiger partial charge in [0.25, 0.3) is 5.91 Å². The minimum absolute atomic E-state index is 0.103.